The monoisotopic (exact) mass is 240 g/mol. The van der Waals surface area contributed by atoms with E-state index in [0.29, 0.717) is 11.4 Å². The smallest absolute Gasteiger partial charge is 0.143 e. The number of azo groups is 1. The molecule has 0 aromatic heterocycles. The zero-order chi connectivity index (χ0) is 13.0. The number of phenols is 2. The van der Waals surface area contributed by atoms with Gasteiger partial charge in [0.1, 0.15) is 22.9 Å². The largest absolute Gasteiger partial charge is 0.506 e. The van der Waals surface area contributed by atoms with Crippen molar-refractivity contribution in [2.24, 2.45) is 10.2 Å². The minimum Gasteiger partial charge on any atom is -0.506 e. The SMILES string of the molecule is C=Cc1ccc(O)c(N=Nc2ccccc2O)c1. The lowest BCUT2D eigenvalue weighted by Gasteiger charge is -2.00. The maximum Gasteiger partial charge on any atom is 0.143 e. The molecule has 0 bridgehead atoms. The Morgan fingerprint density at radius 3 is 2.28 bits per heavy atom. The molecule has 0 spiro atoms. The van der Waals surface area contributed by atoms with E-state index in [-0.39, 0.29) is 11.5 Å². The van der Waals surface area contributed by atoms with Crippen LogP contribution in [0.5, 0.6) is 11.5 Å². The second-order valence-corrected chi connectivity index (χ2v) is 3.64. The fourth-order valence-corrected chi connectivity index (χ4v) is 1.40. The lowest BCUT2D eigenvalue weighted by Crippen LogP contribution is -1.72. The number of benzene rings is 2. The van der Waals surface area contributed by atoms with Crippen LogP contribution in [-0.4, -0.2) is 10.2 Å². The second kappa shape index (κ2) is 5.14. The van der Waals surface area contributed by atoms with Crippen LogP contribution >= 0.6 is 0 Å². The molecule has 0 radical (unpaired) electrons. The third kappa shape index (κ3) is 2.55. The van der Waals surface area contributed by atoms with E-state index in [2.05, 4.69) is 16.8 Å². The van der Waals surface area contributed by atoms with Gasteiger partial charge < -0.3 is 10.2 Å². The Morgan fingerprint density at radius 2 is 1.56 bits per heavy atom. The molecule has 0 saturated heterocycles. The summed E-state index contributed by atoms with van der Waals surface area (Å²) < 4.78 is 0. The molecule has 4 nitrogen and oxygen atoms in total. The van der Waals surface area contributed by atoms with Gasteiger partial charge in [-0.25, -0.2) is 0 Å². The predicted molar refractivity (Wildman–Crippen MR) is 70.5 cm³/mol. The molecule has 2 N–H and O–H groups in total. The number of phenolic OH excluding ortho intramolecular Hbond substituents is 2. The van der Waals surface area contributed by atoms with E-state index in [9.17, 15) is 10.2 Å². The van der Waals surface area contributed by atoms with Gasteiger partial charge in [0, 0.05) is 0 Å². The molecule has 2 aromatic rings. The van der Waals surface area contributed by atoms with Gasteiger partial charge in [0.05, 0.1) is 0 Å². The number of rotatable bonds is 3. The van der Waals surface area contributed by atoms with Gasteiger partial charge in [-0.05, 0) is 29.8 Å². The van der Waals surface area contributed by atoms with Gasteiger partial charge >= 0.3 is 0 Å². The first kappa shape index (κ1) is 11.9. The quantitative estimate of drug-likeness (QED) is 0.791. The number of aromatic hydroxyl groups is 2. The highest BCUT2D eigenvalue weighted by molar-refractivity contribution is 5.60. The first-order valence-electron chi connectivity index (χ1n) is 5.36. The molecule has 0 amide bonds. The summed E-state index contributed by atoms with van der Waals surface area (Å²) in [6.45, 7) is 3.64. The Hall–Kier alpha value is -2.62. The zero-order valence-corrected chi connectivity index (χ0v) is 9.61. The average Bonchev–Trinajstić information content (AvgIpc) is 2.39. The summed E-state index contributed by atoms with van der Waals surface area (Å²) in [4.78, 5) is 0. The number of para-hydroxylation sites is 1. The van der Waals surface area contributed by atoms with Gasteiger partial charge in [0.15, 0.2) is 0 Å². The van der Waals surface area contributed by atoms with Crippen LogP contribution in [0, 0.1) is 0 Å². The average molecular weight is 240 g/mol. The van der Waals surface area contributed by atoms with E-state index >= 15 is 0 Å². The van der Waals surface area contributed by atoms with E-state index in [1.165, 1.54) is 12.1 Å². The molecule has 0 saturated carbocycles. The van der Waals surface area contributed by atoms with E-state index in [1.54, 1.807) is 36.4 Å². The number of nitrogens with zero attached hydrogens (tertiary/aromatic N) is 2. The summed E-state index contributed by atoms with van der Waals surface area (Å²) in [6.07, 6.45) is 1.65. The minimum atomic E-state index is 0.0276. The van der Waals surface area contributed by atoms with E-state index in [4.69, 9.17) is 0 Å². The summed E-state index contributed by atoms with van der Waals surface area (Å²) >= 11 is 0. The Bertz CT molecular complexity index is 606. The molecule has 90 valence electrons. The lowest BCUT2D eigenvalue weighted by molar-refractivity contribution is 0.474. The van der Waals surface area contributed by atoms with Crippen LogP contribution in [0.3, 0.4) is 0 Å². The van der Waals surface area contributed by atoms with Gasteiger partial charge in [-0.3, -0.25) is 0 Å². The third-order valence-electron chi connectivity index (χ3n) is 2.38. The number of hydrogen-bond acceptors (Lipinski definition) is 4. The Kier molecular flexibility index (Phi) is 3.38. The van der Waals surface area contributed by atoms with Crippen molar-refractivity contribution < 1.29 is 10.2 Å². The molecule has 0 unspecified atom stereocenters. The predicted octanol–water partition coefficient (Wildman–Crippen LogP) is 4.16. The zero-order valence-electron chi connectivity index (χ0n) is 9.61. The molecule has 2 aromatic carbocycles. The van der Waals surface area contributed by atoms with E-state index < -0.39 is 0 Å². The van der Waals surface area contributed by atoms with Crippen LogP contribution < -0.4 is 0 Å². The molecule has 0 heterocycles. The fraction of sp³-hybridized carbons (Fsp3) is 0. The van der Waals surface area contributed by atoms with Crippen molar-refractivity contribution in [3.8, 4) is 11.5 Å². The Morgan fingerprint density at radius 1 is 0.889 bits per heavy atom. The standard InChI is InChI=1S/C14H12N2O2/c1-2-10-7-8-14(18)12(9-10)16-15-11-5-3-4-6-13(11)17/h2-9,17-18H,1H2. The minimum absolute atomic E-state index is 0.0276. The molecule has 0 fully saturated rings. The molecule has 2 rings (SSSR count). The molecule has 0 aliphatic heterocycles. The Balaban J connectivity index is 2.34. The Labute approximate surface area is 105 Å². The molecule has 0 aliphatic carbocycles. The first-order chi connectivity index (χ1) is 8.70. The van der Waals surface area contributed by atoms with E-state index in [1.807, 2.05) is 0 Å². The van der Waals surface area contributed by atoms with Crippen molar-refractivity contribution in [3.63, 3.8) is 0 Å². The van der Waals surface area contributed by atoms with Crippen LogP contribution in [0.4, 0.5) is 11.4 Å². The fourth-order valence-electron chi connectivity index (χ4n) is 1.40. The molecule has 18 heavy (non-hydrogen) atoms. The normalized spacial score (nSPS) is 10.7. The molecule has 4 heteroatoms. The third-order valence-corrected chi connectivity index (χ3v) is 2.38. The summed E-state index contributed by atoms with van der Waals surface area (Å²) in [7, 11) is 0. The van der Waals surface area contributed by atoms with Crippen molar-refractivity contribution in [1.82, 2.24) is 0 Å². The van der Waals surface area contributed by atoms with Crippen LogP contribution in [0.25, 0.3) is 6.08 Å². The highest BCUT2D eigenvalue weighted by Crippen LogP contribution is 2.31. The highest BCUT2D eigenvalue weighted by Gasteiger charge is 2.01. The summed E-state index contributed by atoms with van der Waals surface area (Å²) in [5, 5.41) is 27.0. The number of hydrogen-bond donors (Lipinski definition) is 2. The van der Waals surface area contributed by atoms with Crippen molar-refractivity contribution in [2.75, 3.05) is 0 Å². The van der Waals surface area contributed by atoms with Crippen LogP contribution in [0.2, 0.25) is 0 Å². The topological polar surface area (TPSA) is 65.2 Å². The van der Waals surface area contributed by atoms with Gasteiger partial charge in [-0.1, -0.05) is 30.9 Å². The van der Waals surface area contributed by atoms with Crippen LogP contribution in [0.15, 0.2) is 59.3 Å². The molecular weight excluding hydrogens is 228 g/mol. The maximum atomic E-state index is 9.63. The molecule has 0 aliphatic rings. The van der Waals surface area contributed by atoms with Gasteiger partial charge in [-0.2, -0.15) is 0 Å². The van der Waals surface area contributed by atoms with Gasteiger partial charge in [-0.15, -0.1) is 10.2 Å². The van der Waals surface area contributed by atoms with Crippen molar-refractivity contribution >= 4 is 17.5 Å². The molecular formula is C14H12N2O2. The summed E-state index contributed by atoms with van der Waals surface area (Å²) in [6, 6.07) is 11.5. The summed E-state index contributed by atoms with van der Waals surface area (Å²) in [5.41, 5.74) is 1.51. The first-order valence-corrected chi connectivity index (χ1v) is 5.36. The maximum absolute atomic E-state index is 9.63. The van der Waals surface area contributed by atoms with Crippen molar-refractivity contribution in [1.29, 1.82) is 0 Å². The van der Waals surface area contributed by atoms with Crippen LogP contribution in [0.1, 0.15) is 5.56 Å². The van der Waals surface area contributed by atoms with Crippen LogP contribution in [-0.2, 0) is 0 Å². The van der Waals surface area contributed by atoms with Gasteiger partial charge in [0.2, 0.25) is 0 Å². The summed E-state index contributed by atoms with van der Waals surface area (Å²) in [5.74, 6) is 0.0698. The van der Waals surface area contributed by atoms with Gasteiger partial charge in [0.25, 0.3) is 0 Å². The van der Waals surface area contributed by atoms with Crippen molar-refractivity contribution in [3.05, 3.63) is 54.6 Å². The van der Waals surface area contributed by atoms with E-state index in [0.717, 1.165) is 5.56 Å². The highest BCUT2D eigenvalue weighted by atomic mass is 16.3. The van der Waals surface area contributed by atoms with Crippen molar-refractivity contribution in [2.45, 2.75) is 0 Å². The molecule has 0 atom stereocenters. The lowest BCUT2D eigenvalue weighted by atomic mass is 10.2. The second-order valence-electron chi connectivity index (χ2n) is 3.64.